The summed E-state index contributed by atoms with van der Waals surface area (Å²) >= 11 is 0. The fourth-order valence-corrected chi connectivity index (χ4v) is 1.85. The van der Waals surface area contributed by atoms with Crippen molar-refractivity contribution in [2.75, 3.05) is 11.9 Å². The molecule has 22 heavy (non-hydrogen) atoms. The van der Waals surface area contributed by atoms with Crippen LogP contribution in [0, 0.1) is 17.5 Å². The first kappa shape index (κ1) is 16.0. The topological polar surface area (TPSA) is 38.3 Å². The number of carbonyl (C=O) groups excluding carboxylic acids is 1. The van der Waals surface area contributed by atoms with Crippen LogP contribution in [0.4, 0.5) is 18.9 Å². The van der Waals surface area contributed by atoms with E-state index in [0.717, 1.165) is 5.56 Å². The summed E-state index contributed by atoms with van der Waals surface area (Å²) in [7, 11) is 0. The van der Waals surface area contributed by atoms with Gasteiger partial charge in [-0.3, -0.25) is 4.79 Å². The number of amides is 1. The maximum atomic E-state index is 13.1. The van der Waals surface area contributed by atoms with Gasteiger partial charge in [0.2, 0.25) is 0 Å². The SMILES string of the molecule is CCOCc1cccc(NC(=O)c2cc(F)c(F)c(F)c2)c1. The smallest absolute Gasteiger partial charge is 0.255 e. The summed E-state index contributed by atoms with van der Waals surface area (Å²) in [6, 6.07) is 8.15. The van der Waals surface area contributed by atoms with Crippen molar-refractivity contribution in [3.63, 3.8) is 0 Å². The molecule has 0 aliphatic carbocycles. The van der Waals surface area contributed by atoms with Crippen LogP contribution in [0.1, 0.15) is 22.8 Å². The Bertz CT molecular complexity index is 666. The van der Waals surface area contributed by atoms with Gasteiger partial charge in [0.25, 0.3) is 5.91 Å². The second-order valence-corrected chi connectivity index (χ2v) is 4.55. The molecule has 2 aromatic rings. The van der Waals surface area contributed by atoms with E-state index < -0.39 is 23.4 Å². The van der Waals surface area contributed by atoms with Crippen molar-refractivity contribution in [1.29, 1.82) is 0 Å². The minimum absolute atomic E-state index is 0.299. The molecule has 0 aromatic heterocycles. The number of ether oxygens (including phenoxy) is 1. The first-order valence-electron chi connectivity index (χ1n) is 6.64. The van der Waals surface area contributed by atoms with Gasteiger partial charge >= 0.3 is 0 Å². The normalized spacial score (nSPS) is 10.5. The van der Waals surface area contributed by atoms with E-state index in [2.05, 4.69) is 5.32 Å². The Kier molecular flexibility index (Phi) is 5.16. The largest absolute Gasteiger partial charge is 0.377 e. The molecule has 0 spiro atoms. The zero-order valence-electron chi connectivity index (χ0n) is 11.8. The average Bonchev–Trinajstić information content (AvgIpc) is 2.50. The van der Waals surface area contributed by atoms with Crippen molar-refractivity contribution in [1.82, 2.24) is 0 Å². The third-order valence-corrected chi connectivity index (χ3v) is 2.90. The van der Waals surface area contributed by atoms with E-state index in [1.54, 1.807) is 18.2 Å². The average molecular weight is 309 g/mol. The molecule has 116 valence electrons. The lowest BCUT2D eigenvalue weighted by Gasteiger charge is -2.08. The summed E-state index contributed by atoms with van der Waals surface area (Å²) < 4.78 is 44.4. The predicted molar refractivity (Wildman–Crippen MR) is 76.0 cm³/mol. The molecule has 0 atom stereocenters. The van der Waals surface area contributed by atoms with Crippen molar-refractivity contribution in [3.05, 3.63) is 65.0 Å². The van der Waals surface area contributed by atoms with Crippen molar-refractivity contribution in [2.45, 2.75) is 13.5 Å². The quantitative estimate of drug-likeness (QED) is 0.851. The Labute approximate surface area is 125 Å². The summed E-state index contributed by atoms with van der Waals surface area (Å²) in [6.07, 6.45) is 0. The maximum Gasteiger partial charge on any atom is 0.255 e. The summed E-state index contributed by atoms with van der Waals surface area (Å²) in [4.78, 5) is 12.0. The van der Waals surface area contributed by atoms with E-state index in [4.69, 9.17) is 4.74 Å². The van der Waals surface area contributed by atoms with Gasteiger partial charge in [0.05, 0.1) is 6.61 Å². The van der Waals surface area contributed by atoms with Gasteiger partial charge in [-0.05, 0) is 36.8 Å². The minimum Gasteiger partial charge on any atom is -0.377 e. The molecule has 0 heterocycles. The van der Waals surface area contributed by atoms with Gasteiger partial charge in [0, 0.05) is 17.9 Å². The molecule has 0 aliphatic rings. The monoisotopic (exact) mass is 309 g/mol. The first-order chi connectivity index (χ1) is 10.5. The summed E-state index contributed by atoms with van der Waals surface area (Å²) in [5.41, 5.74) is 0.995. The van der Waals surface area contributed by atoms with Crippen molar-refractivity contribution in [3.8, 4) is 0 Å². The van der Waals surface area contributed by atoms with E-state index in [-0.39, 0.29) is 5.56 Å². The van der Waals surface area contributed by atoms with Crippen LogP contribution in [-0.2, 0) is 11.3 Å². The molecular formula is C16H14F3NO2. The Hall–Kier alpha value is -2.34. The number of hydrogen-bond acceptors (Lipinski definition) is 2. The highest BCUT2D eigenvalue weighted by Gasteiger charge is 2.15. The molecule has 0 saturated carbocycles. The van der Waals surface area contributed by atoms with Crippen LogP contribution in [0.5, 0.6) is 0 Å². The van der Waals surface area contributed by atoms with Crippen LogP contribution in [-0.4, -0.2) is 12.5 Å². The highest BCUT2D eigenvalue weighted by molar-refractivity contribution is 6.04. The lowest BCUT2D eigenvalue weighted by molar-refractivity contribution is 0.102. The van der Waals surface area contributed by atoms with Crippen LogP contribution in [0.2, 0.25) is 0 Å². The number of hydrogen-bond donors (Lipinski definition) is 1. The molecule has 2 aromatic carbocycles. The Morgan fingerprint density at radius 1 is 1.14 bits per heavy atom. The van der Waals surface area contributed by atoms with Gasteiger partial charge in [-0.25, -0.2) is 13.2 Å². The minimum atomic E-state index is -1.60. The van der Waals surface area contributed by atoms with Gasteiger partial charge in [-0.1, -0.05) is 12.1 Å². The van der Waals surface area contributed by atoms with E-state index in [0.29, 0.717) is 31.0 Å². The maximum absolute atomic E-state index is 13.1. The highest BCUT2D eigenvalue weighted by Crippen LogP contribution is 2.16. The standard InChI is InChI=1S/C16H14F3NO2/c1-2-22-9-10-4-3-5-12(6-10)20-16(21)11-7-13(17)15(19)14(18)8-11/h3-8H,2,9H2,1H3,(H,20,21). The van der Waals surface area contributed by atoms with Crippen molar-refractivity contribution >= 4 is 11.6 Å². The lowest BCUT2D eigenvalue weighted by Crippen LogP contribution is -2.13. The zero-order valence-corrected chi connectivity index (χ0v) is 11.8. The molecule has 0 fully saturated rings. The molecule has 6 heteroatoms. The van der Waals surface area contributed by atoms with Gasteiger partial charge < -0.3 is 10.1 Å². The molecule has 3 nitrogen and oxygen atoms in total. The van der Waals surface area contributed by atoms with Gasteiger partial charge in [0.15, 0.2) is 17.5 Å². The number of carbonyl (C=O) groups is 1. The Morgan fingerprint density at radius 2 is 1.82 bits per heavy atom. The van der Waals surface area contributed by atoms with E-state index in [1.165, 1.54) is 0 Å². The second-order valence-electron chi connectivity index (χ2n) is 4.55. The van der Waals surface area contributed by atoms with Gasteiger partial charge in [-0.15, -0.1) is 0 Å². The van der Waals surface area contributed by atoms with E-state index in [9.17, 15) is 18.0 Å². The summed E-state index contributed by atoms with van der Waals surface area (Å²) in [5.74, 6) is -5.15. The molecule has 0 unspecified atom stereocenters. The Balaban J connectivity index is 2.15. The van der Waals surface area contributed by atoms with Gasteiger partial charge in [-0.2, -0.15) is 0 Å². The zero-order chi connectivity index (χ0) is 16.1. The number of rotatable bonds is 5. The van der Waals surface area contributed by atoms with Crippen molar-refractivity contribution in [2.24, 2.45) is 0 Å². The lowest BCUT2D eigenvalue weighted by atomic mass is 10.1. The molecule has 0 bridgehead atoms. The number of benzene rings is 2. The molecule has 0 saturated heterocycles. The Morgan fingerprint density at radius 3 is 2.45 bits per heavy atom. The predicted octanol–water partition coefficient (Wildman–Crippen LogP) is 3.89. The summed E-state index contributed by atoms with van der Waals surface area (Å²) in [5, 5.41) is 2.50. The fourth-order valence-electron chi connectivity index (χ4n) is 1.85. The van der Waals surface area contributed by atoms with E-state index in [1.807, 2.05) is 13.0 Å². The van der Waals surface area contributed by atoms with E-state index >= 15 is 0 Å². The van der Waals surface area contributed by atoms with Gasteiger partial charge in [0.1, 0.15) is 0 Å². The second kappa shape index (κ2) is 7.09. The molecular weight excluding hydrogens is 295 g/mol. The fraction of sp³-hybridized carbons (Fsp3) is 0.188. The molecule has 0 aliphatic heterocycles. The third-order valence-electron chi connectivity index (χ3n) is 2.90. The van der Waals surface area contributed by atoms with Crippen LogP contribution in [0.15, 0.2) is 36.4 Å². The number of halogens is 3. The number of anilines is 1. The molecule has 0 radical (unpaired) electrons. The molecule has 2 rings (SSSR count). The summed E-state index contributed by atoms with van der Waals surface area (Å²) in [6.45, 7) is 2.81. The number of nitrogens with one attached hydrogen (secondary N) is 1. The third kappa shape index (κ3) is 3.85. The molecule has 1 amide bonds. The van der Waals surface area contributed by atoms with Crippen LogP contribution < -0.4 is 5.32 Å². The first-order valence-corrected chi connectivity index (χ1v) is 6.64. The van der Waals surface area contributed by atoms with Crippen molar-refractivity contribution < 1.29 is 22.7 Å². The van der Waals surface area contributed by atoms with Crippen LogP contribution in [0.25, 0.3) is 0 Å². The van der Waals surface area contributed by atoms with Crippen LogP contribution >= 0.6 is 0 Å². The highest BCUT2D eigenvalue weighted by atomic mass is 19.2. The van der Waals surface area contributed by atoms with Crippen LogP contribution in [0.3, 0.4) is 0 Å². The molecule has 1 N–H and O–H groups in total.